The second-order valence-electron chi connectivity index (χ2n) is 9.92. The third kappa shape index (κ3) is 4.36. The molecule has 3 atom stereocenters. The van der Waals surface area contributed by atoms with Crippen LogP contribution in [0.1, 0.15) is 63.6 Å². The summed E-state index contributed by atoms with van der Waals surface area (Å²) in [7, 11) is 1.61. The normalized spacial score (nSPS) is 28.3. The Bertz CT molecular complexity index is 792. The molecule has 0 spiro atoms. The molecule has 1 saturated carbocycles. The number of nitrogens with zero attached hydrogens (tertiary/aromatic N) is 1. The highest BCUT2D eigenvalue weighted by molar-refractivity contribution is 9.10. The molecule has 0 amide bonds. The van der Waals surface area contributed by atoms with E-state index in [1.165, 1.54) is 0 Å². The summed E-state index contributed by atoms with van der Waals surface area (Å²) in [6.45, 7) is 7.70. The third-order valence-corrected chi connectivity index (χ3v) is 7.37. The van der Waals surface area contributed by atoms with Gasteiger partial charge in [0.1, 0.15) is 12.3 Å². The molecule has 0 aromatic heterocycles. The minimum Gasteiger partial charge on any atom is -0.493 e. The first-order valence-electron chi connectivity index (χ1n) is 10.9. The number of hydrogen-bond donors (Lipinski definition) is 1. The molecule has 0 unspecified atom stereocenters. The highest BCUT2D eigenvalue weighted by Crippen LogP contribution is 2.48. The Morgan fingerprint density at radius 3 is 2.67 bits per heavy atom. The molecule has 0 bridgehead atoms. The van der Waals surface area contributed by atoms with E-state index in [1.54, 1.807) is 7.11 Å². The minimum atomic E-state index is -1.22. The fourth-order valence-corrected chi connectivity index (χ4v) is 5.55. The van der Waals surface area contributed by atoms with Gasteiger partial charge in [-0.05, 0) is 86.0 Å². The fraction of sp³-hybridized carbons (Fsp3) is 0.739. The molecule has 1 aliphatic carbocycles. The molecule has 2 aliphatic heterocycles. The second kappa shape index (κ2) is 8.23. The number of halogens is 2. The van der Waals surface area contributed by atoms with Crippen molar-refractivity contribution < 1.29 is 23.7 Å². The van der Waals surface area contributed by atoms with Gasteiger partial charge in [-0.3, -0.25) is 4.90 Å². The van der Waals surface area contributed by atoms with E-state index in [4.69, 9.17) is 14.2 Å². The molecule has 3 aliphatic rings. The number of aliphatic hydroxyl groups excluding tert-OH is 1. The van der Waals surface area contributed by atoms with Crippen LogP contribution in [0.4, 0.5) is 4.39 Å². The van der Waals surface area contributed by atoms with Crippen LogP contribution in [0.15, 0.2) is 10.5 Å². The smallest absolute Gasteiger partial charge is 0.175 e. The largest absolute Gasteiger partial charge is 0.493 e. The number of benzene rings is 1. The van der Waals surface area contributed by atoms with Crippen molar-refractivity contribution in [3.63, 3.8) is 0 Å². The van der Waals surface area contributed by atoms with Gasteiger partial charge in [-0.25, -0.2) is 4.39 Å². The summed E-state index contributed by atoms with van der Waals surface area (Å²) >= 11 is 3.72. The standard InChI is InChI=1S/C23H33BrFNO4/c1-22(2,3)30-19-12-26-9-6-14-15(16(26)11-17(19)27)10-18(28-4)21(20(14)24)29-13-23(25)7-5-8-23/h10,16-17,19,27H,5-9,11-13H2,1-4H3/t16-,17-,19-/m1/s1. The van der Waals surface area contributed by atoms with Crippen molar-refractivity contribution in [2.75, 3.05) is 26.8 Å². The molecule has 1 aromatic rings. The Balaban J connectivity index is 1.58. The molecule has 1 N–H and O–H groups in total. The van der Waals surface area contributed by atoms with E-state index >= 15 is 0 Å². The molecular weight excluding hydrogens is 453 g/mol. The highest BCUT2D eigenvalue weighted by atomic mass is 79.9. The van der Waals surface area contributed by atoms with E-state index in [1.807, 2.05) is 26.8 Å². The van der Waals surface area contributed by atoms with Crippen LogP contribution in [0.5, 0.6) is 11.5 Å². The Morgan fingerprint density at radius 2 is 2.07 bits per heavy atom. The van der Waals surface area contributed by atoms with Gasteiger partial charge in [-0.15, -0.1) is 0 Å². The molecule has 7 heteroatoms. The zero-order chi connectivity index (χ0) is 21.7. The Labute approximate surface area is 187 Å². The van der Waals surface area contributed by atoms with Gasteiger partial charge >= 0.3 is 0 Å². The van der Waals surface area contributed by atoms with E-state index < -0.39 is 11.8 Å². The maximum absolute atomic E-state index is 14.5. The van der Waals surface area contributed by atoms with Crippen molar-refractivity contribution in [1.82, 2.24) is 4.90 Å². The molecule has 168 valence electrons. The Hall–Kier alpha value is -0.890. The lowest BCUT2D eigenvalue weighted by molar-refractivity contribution is -0.149. The van der Waals surface area contributed by atoms with Crippen molar-refractivity contribution in [2.45, 2.75) is 82.4 Å². The number of ether oxygens (including phenoxy) is 3. The minimum absolute atomic E-state index is 0.0564. The molecule has 2 heterocycles. The van der Waals surface area contributed by atoms with Gasteiger partial charge in [0.15, 0.2) is 11.5 Å². The van der Waals surface area contributed by atoms with Gasteiger partial charge in [-0.2, -0.15) is 0 Å². The third-order valence-electron chi connectivity index (χ3n) is 6.53. The number of aliphatic hydroxyl groups is 1. The molecule has 0 radical (unpaired) electrons. The highest BCUT2D eigenvalue weighted by Gasteiger charge is 2.42. The monoisotopic (exact) mass is 485 g/mol. The fourth-order valence-electron chi connectivity index (χ4n) is 4.82. The molecular formula is C23H33BrFNO4. The summed E-state index contributed by atoms with van der Waals surface area (Å²) in [5.41, 5.74) is 0.797. The van der Waals surface area contributed by atoms with Gasteiger partial charge in [0.25, 0.3) is 0 Å². The summed E-state index contributed by atoms with van der Waals surface area (Å²) in [4.78, 5) is 2.39. The molecule has 5 nitrogen and oxygen atoms in total. The lowest BCUT2D eigenvalue weighted by Gasteiger charge is -2.47. The number of piperidine rings is 1. The van der Waals surface area contributed by atoms with Crippen LogP contribution in [0, 0.1) is 0 Å². The quantitative estimate of drug-likeness (QED) is 0.661. The maximum atomic E-state index is 14.5. The lowest BCUT2D eigenvalue weighted by atomic mass is 9.83. The first-order valence-corrected chi connectivity index (χ1v) is 11.7. The number of fused-ring (bicyclic) bond motifs is 3. The summed E-state index contributed by atoms with van der Waals surface area (Å²) in [6.07, 6.45) is 2.78. The van der Waals surface area contributed by atoms with Crippen molar-refractivity contribution in [2.24, 2.45) is 0 Å². The van der Waals surface area contributed by atoms with E-state index in [-0.39, 0.29) is 24.4 Å². The predicted molar refractivity (Wildman–Crippen MR) is 117 cm³/mol. The van der Waals surface area contributed by atoms with Gasteiger partial charge < -0.3 is 19.3 Å². The van der Waals surface area contributed by atoms with Gasteiger partial charge in [0, 0.05) is 19.1 Å². The predicted octanol–water partition coefficient (Wildman–Crippen LogP) is 4.58. The van der Waals surface area contributed by atoms with Gasteiger partial charge in [-0.1, -0.05) is 0 Å². The average Bonchev–Trinajstić information content (AvgIpc) is 2.65. The lowest BCUT2D eigenvalue weighted by Crippen LogP contribution is -2.53. The maximum Gasteiger partial charge on any atom is 0.175 e. The first kappa shape index (κ1) is 22.3. The zero-order valence-electron chi connectivity index (χ0n) is 18.3. The van der Waals surface area contributed by atoms with Crippen molar-refractivity contribution in [3.8, 4) is 11.5 Å². The Morgan fingerprint density at radius 1 is 1.33 bits per heavy atom. The van der Waals surface area contributed by atoms with Crippen molar-refractivity contribution in [1.29, 1.82) is 0 Å². The number of rotatable bonds is 5. The van der Waals surface area contributed by atoms with E-state index in [9.17, 15) is 9.50 Å². The number of methoxy groups -OCH3 is 1. The van der Waals surface area contributed by atoms with Crippen molar-refractivity contribution in [3.05, 3.63) is 21.7 Å². The van der Waals surface area contributed by atoms with Gasteiger partial charge in [0.2, 0.25) is 0 Å². The van der Waals surface area contributed by atoms with Crippen LogP contribution in [0.25, 0.3) is 0 Å². The molecule has 4 rings (SSSR count). The van der Waals surface area contributed by atoms with E-state index in [0.717, 1.165) is 35.0 Å². The van der Waals surface area contributed by atoms with Crippen molar-refractivity contribution >= 4 is 15.9 Å². The average molecular weight is 486 g/mol. The van der Waals surface area contributed by atoms with Crippen LogP contribution in [0.3, 0.4) is 0 Å². The first-order chi connectivity index (χ1) is 14.1. The topological polar surface area (TPSA) is 51.2 Å². The second-order valence-corrected chi connectivity index (χ2v) is 10.7. The molecule has 1 aromatic carbocycles. The van der Waals surface area contributed by atoms with Crippen LogP contribution in [0.2, 0.25) is 0 Å². The van der Waals surface area contributed by atoms with Crippen LogP contribution in [-0.4, -0.2) is 60.3 Å². The summed E-state index contributed by atoms with van der Waals surface area (Å²) in [6, 6.07) is 2.11. The van der Waals surface area contributed by atoms with E-state index in [2.05, 4.69) is 20.8 Å². The van der Waals surface area contributed by atoms with E-state index in [0.29, 0.717) is 37.3 Å². The molecule has 1 saturated heterocycles. The van der Waals surface area contributed by atoms with Gasteiger partial charge in [0.05, 0.1) is 29.4 Å². The van der Waals surface area contributed by atoms with Crippen LogP contribution in [-0.2, 0) is 11.2 Å². The summed E-state index contributed by atoms with van der Waals surface area (Å²) in [5.74, 6) is 1.19. The van der Waals surface area contributed by atoms with Crippen LogP contribution < -0.4 is 9.47 Å². The van der Waals surface area contributed by atoms with Crippen LogP contribution >= 0.6 is 15.9 Å². The molecule has 30 heavy (non-hydrogen) atoms. The summed E-state index contributed by atoms with van der Waals surface area (Å²) < 4.78 is 33.0. The summed E-state index contributed by atoms with van der Waals surface area (Å²) in [5, 5.41) is 10.8. The number of hydrogen-bond acceptors (Lipinski definition) is 5. The SMILES string of the molecule is COc1cc2c(c(Br)c1OCC1(F)CCC1)CCN1C[C@@H](OC(C)(C)C)[C@H](O)C[C@H]21. The molecule has 2 fully saturated rings. The Kier molecular flexibility index (Phi) is 6.12. The number of alkyl halides is 1. The zero-order valence-corrected chi connectivity index (χ0v) is 19.9.